The molecule has 0 bridgehead atoms. The summed E-state index contributed by atoms with van der Waals surface area (Å²) in [6.07, 6.45) is 2.04. The summed E-state index contributed by atoms with van der Waals surface area (Å²) < 4.78 is 5.12. The lowest BCUT2D eigenvalue weighted by Gasteiger charge is -2.14. The molecule has 3 heteroatoms. The highest BCUT2D eigenvalue weighted by Crippen LogP contribution is 2.26. The Morgan fingerprint density at radius 1 is 1.38 bits per heavy atom. The topological polar surface area (TPSA) is 35.2 Å². The van der Waals surface area contributed by atoms with Gasteiger partial charge in [-0.05, 0) is 43.4 Å². The Kier molecular flexibility index (Phi) is 5.10. The van der Waals surface area contributed by atoms with E-state index in [1.165, 1.54) is 5.56 Å². The number of halogens is 1. The van der Waals surface area contributed by atoms with Crippen LogP contribution in [0.15, 0.2) is 18.2 Å². The quantitative estimate of drug-likeness (QED) is 0.859. The van der Waals surface area contributed by atoms with E-state index in [-0.39, 0.29) is 6.04 Å². The molecule has 2 unspecified atom stereocenters. The van der Waals surface area contributed by atoms with Crippen LogP contribution in [0.2, 0.25) is 5.02 Å². The predicted octanol–water partition coefficient (Wildman–Crippen LogP) is 3.26. The number of hydrogen-bond acceptors (Lipinski definition) is 2. The van der Waals surface area contributed by atoms with Crippen LogP contribution in [0, 0.1) is 5.92 Å². The molecule has 2 nitrogen and oxygen atoms in total. The smallest absolute Gasteiger partial charge is 0.137 e. The molecule has 0 spiro atoms. The monoisotopic (exact) mass is 241 g/mol. The molecule has 2 N–H and O–H groups in total. The lowest BCUT2D eigenvalue weighted by molar-refractivity contribution is 0.414. The highest BCUT2D eigenvalue weighted by molar-refractivity contribution is 6.32. The summed E-state index contributed by atoms with van der Waals surface area (Å²) in [6, 6.07) is 6.19. The minimum absolute atomic E-state index is 0.253. The summed E-state index contributed by atoms with van der Waals surface area (Å²) in [5, 5.41) is 0.674. The largest absolute Gasteiger partial charge is 0.495 e. The second-order valence-corrected chi connectivity index (χ2v) is 4.90. The van der Waals surface area contributed by atoms with E-state index in [4.69, 9.17) is 22.1 Å². The lowest BCUT2D eigenvalue weighted by Crippen LogP contribution is -2.19. The molecule has 1 rings (SSSR count). The molecule has 1 aromatic rings. The first kappa shape index (κ1) is 13.3. The Bertz CT molecular complexity index is 339. The van der Waals surface area contributed by atoms with E-state index in [1.807, 2.05) is 19.1 Å². The van der Waals surface area contributed by atoms with Gasteiger partial charge in [0.15, 0.2) is 0 Å². The molecule has 0 saturated heterocycles. The molecule has 0 radical (unpaired) electrons. The summed E-state index contributed by atoms with van der Waals surface area (Å²) in [6.45, 7) is 4.25. The number of hydrogen-bond donors (Lipinski definition) is 1. The minimum atomic E-state index is 0.253. The molecule has 0 fully saturated rings. The van der Waals surface area contributed by atoms with Crippen molar-refractivity contribution < 1.29 is 4.74 Å². The van der Waals surface area contributed by atoms with Crippen LogP contribution < -0.4 is 10.5 Å². The van der Waals surface area contributed by atoms with Gasteiger partial charge in [-0.25, -0.2) is 0 Å². The first-order valence-corrected chi connectivity index (χ1v) is 5.98. The van der Waals surface area contributed by atoms with Gasteiger partial charge in [0.05, 0.1) is 12.1 Å². The van der Waals surface area contributed by atoms with E-state index >= 15 is 0 Å². The van der Waals surface area contributed by atoms with Gasteiger partial charge in [0.25, 0.3) is 0 Å². The molecule has 0 aliphatic heterocycles. The van der Waals surface area contributed by atoms with Crippen molar-refractivity contribution in [1.82, 2.24) is 0 Å². The molecular weight excluding hydrogens is 222 g/mol. The van der Waals surface area contributed by atoms with Crippen LogP contribution in [0.4, 0.5) is 0 Å². The van der Waals surface area contributed by atoms with Crippen molar-refractivity contribution in [3.8, 4) is 5.75 Å². The average molecular weight is 242 g/mol. The summed E-state index contributed by atoms with van der Waals surface area (Å²) >= 11 is 6.07. The average Bonchev–Trinajstić information content (AvgIpc) is 2.16. The van der Waals surface area contributed by atoms with Crippen molar-refractivity contribution in [3.63, 3.8) is 0 Å². The van der Waals surface area contributed by atoms with Crippen molar-refractivity contribution in [2.45, 2.75) is 32.7 Å². The first-order chi connectivity index (χ1) is 7.52. The third-order valence-corrected chi connectivity index (χ3v) is 2.87. The Balaban J connectivity index is 2.64. The van der Waals surface area contributed by atoms with Crippen molar-refractivity contribution >= 4 is 11.6 Å². The molecule has 90 valence electrons. The van der Waals surface area contributed by atoms with Crippen LogP contribution in [0.1, 0.15) is 25.8 Å². The van der Waals surface area contributed by atoms with Gasteiger partial charge < -0.3 is 10.5 Å². The Hall–Kier alpha value is -0.730. The van der Waals surface area contributed by atoms with Crippen LogP contribution >= 0.6 is 11.6 Å². The molecule has 0 saturated carbocycles. The van der Waals surface area contributed by atoms with E-state index in [0.29, 0.717) is 10.9 Å². The summed E-state index contributed by atoms with van der Waals surface area (Å²) in [4.78, 5) is 0. The van der Waals surface area contributed by atoms with Gasteiger partial charge in [0.2, 0.25) is 0 Å². The van der Waals surface area contributed by atoms with E-state index in [9.17, 15) is 0 Å². The molecule has 2 atom stereocenters. The van der Waals surface area contributed by atoms with Crippen molar-refractivity contribution in [3.05, 3.63) is 28.8 Å². The third kappa shape index (κ3) is 4.03. The number of methoxy groups -OCH3 is 1. The fraction of sp³-hybridized carbons (Fsp3) is 0.538. The Labute approximate surface area is 103 Å². The van der Waals surface area contributed by atoms with Gasteiger partial charge >= 0.3 is 0 Å². The maximum atomic E-state index is 6.07. The minimum Gasteiger partial charge on any atom is -0.495 e. The normalized spacial score (nSPS) is 14.6. The van der Waals surface area contributed by atoms with E-state index in [0.717, 1.165) is 18.6 Å². The van der Waals surface area contributed by atoms with E-state index in [1.54, 1.807) is 7.11 Å². The maximum absolute atomic E-state index is 6.07. The molecule has 0 aliphatic carbocycles. The molecular formula is C13H20ClNO. The highest BCUT2D eigenvalue weighted by atomic mass is 35.5. The zero-order valence-electron chi connectivity index (χ0n) is 10.2. The van der Waals surface area contributed by atoms with E-state index in [2.05, 4.69) is 13.0 Å². The zero-order valence-corrected chi connectivity index (χ0v) is 10.9. The Morgan fingerprint density at radius 3 is 2.56 bits per heavy atom. The van der Waals surface area contributed by atoms with Crippen LogP contribution in [-0.4, -0.2) is 13.2 Å². The zero-order chi connectivity index (χ0) is 12.1. The number of rotatable bonds is 5. The fourth-order valence-electron chi connectivity index (χ4n) is 1.96. The Morgan fingerprint density at radius 2 is 2.06 bits per heavy atom. The second-order valence-electron chi connectivity index (χ2n) is 4.49. The van der Waals surface area contributed by atoms with Crippen LogP contribution in [0.3, 0.4) is 0 Å². The fourth-order valence-corrected chi connectivity index (χ4v) is 2.24. The molecule has 0 amide bonds. The second kappa shape index (κ2) is 6.12. The predicted molar refractivity (Wildman–Crippen MR) is 69.1 cm³/mol. The standard InChI is InChI=1S/C13H20ClNO/c1-9(6-10(2)15)7-11-4-5-13(16-3)12(14)8-11/h4-5,8-10H,6-7,15H2,1-3H3. The van der Waals surface area contributed by atoms with Crippen LogP contribution in [0.25, 0.3) is 0 Å². The molecule has 0 aliphatic rings. The number of benzene rings is 1. The van der Waals surface area contributed by atoms with Gasteiger partial charge in [-0.15, -0.1) is 0 Å². The van der Waals surface area contributed by atoms with E-state index < -0.39 is 0 Å². The van der Waals surface area contributed by atoms with Crippen molar-refractivity contribution in [2.75, 3.05) is 7.11 Å². The van der Waals surface area contributed by atoms with Gasteiger partial charge in [0.1, 0.15) is 5.75 Å². The molecule has 0 heterocycles. The summed E-state index contributed by atoms with van der Waals surface area (Å²) in [7, 11) is 1.62. The van der Waals surface area contributed by atoms with Gasteiger partial charge in [-0.3, -0.25) is 0 Å². The molecule has 1 aromatic carbocycles. The number of nitrogens with two attached hydrogens (primary N) is 1. The van der Waals surface area contributed by atoms with Gasteiger partial charge in [-0.1, -0.05) is 24.6 Å². The number of ether oxygens (including phenoxy) is 1. The summed E-state index contributed by atoms with van der Waals surface area (Å²) in [5.41, 5.74) is 7.01. The van der Waals surface area contributed by atoms with Crippen molar-refractivity contribution in [1.29, 1.82) is 0 Å². The maximum Gasteiger partial charge on any atom is 0.137 e. The van der Waals surface area contributed by atoms with Crippen LogP contribution in [-0.2, 0) is 6.42 Å². The van der Waals surface area contributed by atoms with Crippen LogP contribution in [0.5, 0.6) is 5.75 Å². The first-order valence-electron chi connectivity index (χ1n) is 5.61. The highest BCUT2D eigenvalue weighted by Gasteiger charge is 2.08. The van der Waals surface area contributed by atoms with Gasteiger partial charge in [-0.2, -0.15) is 0 Å². The molecule has 0 aromatic heterocycles. The summed E-state index contributed by atoms with van der Waals surface area (Å²) in [5.74, 6) is 1.30. The molecule has 16 heavy (non-hydrogen) atoms. The third-order valence-electron chi connectivity index (χ3n) is 2.57. The van der Waals surface area contributed by atoms with Gasteiger partial charge in [0, 0.05) is 6.04 Å². The SMILES string of the molecule is COc1ccc(CC(C)CC(C)N)cc1Cl. The van der Waals surface area contributed by atoms with Crippen molar-refractivity contribution in [2.24, 2.45) is 11.7 Å². The lowest BCUT2D eigenvalue weighted by atomic mass is 9.95.